The first kappa shape index (κ1) is 5.03. The van der Waals surface area contributed by atoms with E-state index in [0.29, 0.717) is 5.95 Å². The second-order valence-corrected chi connectivity index (χ2v) is 1.33. The second-order valence-electron chi connectivity index (χ2n) is 1.33. The third kappa shape index (κ3) is 0.753. The summed E-state index contributed by atoms with van der Waals surface area (Å²) in [5, 5.41) is 8.61. The lowest BCUT2D eigenvalue weighted by Crippen LogP contribution is -1.74. The number of hydrogen-bond donors (Lipinski definition) is 1. The summed E-state index contributed by atoms with van der Waals surface area (Å²) >= 11 is 0. The maximum absolute atomic E-state index is 8.61. The molecule has 0 bridgehead atoms. The third-order valence-electron chi connectivity index (χ3n) is 0.763. The first-order valence-electron chi connectivity index (χ1n) is 2.14. The smallest absolute Gasteiger partial charge is 0.287 e. The van der Waals surface area contributed by atoms with Gasteiger partial charge in [-0.3, -0.25) is 0 Å². The molecule has 0 aliphatic carbocycles. The molecule has 44 valence electrons. The van der Waals surface area contributed by atoms with Gasteiger partial charge < -0.3 is 14.3 Å². The summed E-state index contributed by atoms with van der Waals surface area (Å²) < 4.78 is 9.25. The van der Waals surface area contributed by atoms with Crippen LogP contribution in [0, 0.1) is 0 Å². The van der Waals surface area contributed by atoms with Crippen LogP contribution in [0.3, 0.4) is 0 Å². The second kappa shape index (κ2) is 1.78. The third-order valence-corrected chi connectivity index (χ3v) is 0.763. The van der Waals surface area contributed by atoms with E-state index in [1.807, 2.05) is 0 Å². The molecule has 0 atom stereocenters. The minimum Gasteiger partial charge on any atom is -0.505 e. The Kier molecular flexibility index (Phi) is 1.12. The Labute approximate surface area is 46.5 Å². The highest BCUT2D eigenvalue weighted by Crippen LogP contribution is 2.19. The molecule has 0 saturated carbocycles. The van der Waals surface area contributed by atoms with Crippen molar-refractivity contribution in [3.63, 3.8) is 0 Å². The normalized spacial score (nSPS) is 9.12. The van der Waals surface area contributed by atoms with Crippen LogP contribution in [-0.2, 0) is 0 Å². The number of furan rings is 1. The van der Waals surface area contributed by atoms with Crippen molar-refractivity contribution < 1.29 is 14.3 Å². The highest BCUT2D eigenvalue weighted by Gasteiger charge is 1.95. The molecular formula is C5H6O3. The Bertz CT molecular complexity index is 168. The summed E-state index contributed by atoms with van der Waals surface area (Å²) in [6, 6.07) is 1.39. The minimum absolute atomic E-state index is 0.0850. The van der Waals surface area contributed by atoms with E-state index in [-0.39, 0.29) is 5.75 Å². The summed E-state index contributed by atoms with van der Waals surface area (Å²) in [6.07, 6.45) is 1.21. The molecule has 0 spiro atoms. The molecule has 1 rings (SSSR count). The Morgan fingerprint density at radius 2 is 2.50 bits per heavy atom. The van der Waals surface area contributed by atoms with Gasteiger partial charge in [-0.1, -0.05) is 0 Å². The molecule has 0 amide bonds. The van der Waals surface area contributed by atoms with E-state index < -0.39 is 0 Å². The van der Waals surface area contributed by atoms with E-state index in [0.717, 1.165) is 0 Å². The molecular weight excluding hydrogens is 108 g/mol. The van der Waals surface area contributed by atoms with Crippen LogP contribution in [0.5, 0.6) is 11.7 Å². The number of rotatable bonds is 1. The standard InChI is InChI=1S/C5H6O3/c1-7-5-2-4(6)3-8-5/h2-3,6H,1H3. The van der Waals surface area contributed by atoms with E-state index in [2.05, 4.69) is 9.15 Å². The van der Waals surface area contributed by atoms with Crippen LogP contribution in [0.2, 0.25) is 0 Å². The van der Waals surface area contributed by atoms with Crippen molar-refractivity contribution >= 4 is 0 Å². The van der Waals surface area contributed by atoms with Crippen molar-refractivity contribution in [3.05, 3.63) is 12.3 Å². The summed E-state index contributed by atoms with van der Waals surface area (Å²) in [4.78, 5) is 0. The lowest BCUT2D eigenvalue weighted by molar-refractivity contribution is 0.304. The average Bonchev–Trinajstić information content (AvgIpc) is 2.14. The zero-order chi connectivity index (χ0) is 5.98. The van der Waals surface area contributed by atoms with Gasteiger partial charge >= 0.3 is 0 Å². The Balaban J connectivity index is 2.84. The molecule has 8 heavy (non-hydrogen) atoms. The van der Waals surface area contributed by atoms with E-state index in [1.54, 1.807) is 0 Å². The lowest BCUT2D eigenvalue weighted by atomic mass is 10.6. The van der Waals surface area contributed by atoms with Gasteiger partial charge in [0.1, 0.15) is 6.26 Å². The molecule has 1 aromatic heterocycles. The Morgan fingerprint density at radius 1 is 1.75 bits per heavy atom. The Morgan fingerprint density at radius 3 is 2.75 bits per heavy atom. The number of hydrogen-bond acceptors (Lipinski definition) is 3. The van der Waals surface area contributed by atoms with Gasteiger partial charge in [0.15, 0.2) is 5.75 Å². The summed E-state index contributed by atoms with van der Waals surface area (Å²) in [7, 11) is 1.47. The van der Waals surface area contributed by atoms with Crippen LogP contribution in [0.15, 0.2) is 16.7 Å². The molecule has 0 aromatic carbocycles. The molecule has 0 aliphatic rings. The number of aromatic hydroxyl groups is 1. The maximum atomic E-state index is 8.61. The highest BCUT2D eigenvalue weighted by atomic mass is 16.6. The molecule has 0 unspecified atom stereocenters. The summed E-state index contributed by atoms with van der Waals surface area (Å²) in [5.41, 5.74) is 0. The zero-order valence-corrected chi connectivity index (χ0v) is 4.42. The van der Waals surface area contributed by atoms with Crippen molar-refractivity contribution in [2.24, 2.45) is 0 Å². The Hall–Kier alpha value is -1.12. The van der Waals surface area contributed by atoms with Crippen LogP contribution in [-0.4, -0.2) is 12.2 Å². The van der Waals surface area contributed by atoms with Gasteiger partial charge in [0.2, 0.25) is 0 Å². The zero-order valence-electron chi connectivity index (χ0n) is 4.42. The van der Waals surface area contributed by atoms with E-state index in [4.69, 9.17) is 5.11 Å². The highest BCUT2D eigenvalue weighted by molar-refractivity contribution is 5.20. The molecule has 3 nitrogen and oxygen atoms in total. The van der Waals surface area contributed by atoms with Crippen molar-refractivity contribution in [2.75, 3.05) is 7.11 Å². The molecule has 0 saturated heterocycles. The fourth-order valence-electron chi connectivity index (χ4n) is 0.414. The number of methoxy groups -OCH3 is 1. The monoisotopic (exact) mass is 114 g/mol. The van der Waals surface area contributed by atoms with Gasteiger partial charge in [-0.25, -0.2) is 0 Å². The van der Waals surface area contributed by atoms with Gasteiger partial charge in [0, 0.05) is 0 Å². The van der Waals surface area contributed by atoms with Gasteiger partial charge in [-0.05, 0) is 0 Å². The van der Waals surface area contributed by atoms with Gasteiger partial charge in [0.25, 0.3) is 5.95 Å². The molecule has 3 heteroatoms. The first-order valence-corrected chi connectivity index (χ1v) is 2.14. The fraction of sp³-hybridized carbons (Fsp3) is 0.200. The molecule has 0 radical (unpaired) electrons. The molecule has 0 aliphatic heterocycles. The van der Waals surface area contributed by atoms with E-state index in [9.17, 15) is 0 Å². The molecule has 1 heterocycles. The summed E-state index contributed by atoms with van der Waals surface area (Å²) in [6.45, 7) is 0. The van der Waals surface area contributed by atoms with Crippen molar-refractivity contribution in [2.45, 2.75) is 0 Å². The van der Waals surface area contributed by atoms with Crippen molar-refractivity contribution in [3.8, 4) is 11.7 Å². The predicted octanol–water partition coefficient (Wildman–Crippen LogP) is 0.994. The van der Waals surface area contributed by atoms with Crippen molar-refractivity contribution in [1.82, 2.24) is 0 Å². The van der Waals surface area contributed by atoms with Crippen LogP contribution in [0.1, 0.15) is 0 Å². The van der Waals surface area contributed by atoms with Crippen molar-refractivity contribution in [1.29, 1.82) is 0 Å². The minimum atomic E-state index is 0.0850. The average molecular weight is 114 g/mol. The SMILES string of the molecule is COc1cc(O)co1. The molecule has 1 N–H and O–H groups in total. The number of ether oxygens (including phenoxy) is 1. The van der Waals surface area contributed by atoms with Gasteiger partial charge in [-0.15, -0.1) is 0 Å². The first-order chi connectivity index (χ1) is 3.83. The quantitative estimate of drug-likeness (QED) is 0.592. The maximum Gasteiger partial charge on any atom is 0.287 e. The van der Waals surface area contributed by atoms with E-state index >= 15 is 0 Å². The topological polar surface area (TPSA) is 42.6 Å². The van der Waals surface area contributed by atoms with Crippen LogP contribution in [0.25, 0.3) is 0 Å². The molecule has 0 fully saturated rings. The predicted molar refractivity (Wildman–Crippen MR) is 26.9 cm³/mol. The lowest BCUT2D eigenvalue weighted by Gasteiger charge is -1.85. The largest absolute Gasteiger partial charge is 0.505 e. The fourth-order valence-corrected chi connectivity index (χ4v) is 0.414. The van der Waals surface area contributed by atoms with Crippen LogP contribution >= 0.6 is 0 Å². The van der Waals surface area contributed by atoms with E-state index in [1.165, 1.54) is 19.4 Å². The van der Waals surface area contributed by atoms with Gasteiger partial charge in [-0.2, -0.15) is 0 Å². The van der Waals surface area contributed by atoms with Crippen LogP contribution < -0.4 is 4.74 Å². The summed E-state index contributed by atoms with van der Waals surface area (Å²) in [5.74, 6) is 0.407. The molecule has 1 aromatic rings. The van der Waals surface area contributed by atoms with Crippen LogP contribution in [0.4, 0.5) is 0 Å². The van der Waals surface area contributed by atoms with Gasteiger partial charge in [0.05, 0.1) is 13.2 Å².